The Morgan fingerprint density at radius 2 is 1.90 bits per heavy atom. The summed E-state index contributed by atoms with van der Waals surface area (Å²) >= 11 is 1.60. The van der Waals surface area contributed by atoms with Gasteiger partial charge in [-0.25, -0.2) is 0 Å². The zero-order chi connectivity index (χ0) is 21.2. The number of nitrogens with one attached hydrogen (secondary N) is 1. The third-order valence-electron chi connectivity index (χ3n) is 5.21. The van der Waals surface area contributed by atoms with Gasteiger partial charge in [-0.15, -0.1) is 11.3 Å². The number of benzene rings is 1. The van der Waals surface area contributed by atoms with Crippen LogP contribution in [0.5, 0.6) is 11.5 Å². The van der Waals surface area contributed by atoms with Gasteiger partial charge in [0.1, 0.15) is 0 Å². The molecule has 29 heavy (non-hydrogen) atoms. The van der Waals surface area contributed by atoms with Crippen molar-refractivity contribution in [2.24, 2.45) is 0 Å². The minimum absolute atomic E-state index is 0.383. The molecule has 1 N–H and O–H groups in total. The number of carbonyl (C=O) groups is 1. The highest BCUT2D eigenvalue weighted by Crippen LogP contribution is 2.43. The smallest absolute Gasteiger partial charge is 0.471 e. The lowest BCUT2D eigenvalue weighted by molar-refractivity contribution is -0.174. The van der Waals surface area contributed by atoms with Crippen LogP contribution in [0.15, 0.2) is 23.6 Å². The fraction of sp³-hybridized carbons (Fsp3) is 0.476. The third-order valence-corrected chi connectivity index (χ3v) is 6.23. The topological polar surface area (TPSA) is 47.6 Å². The number of methoxy groups -OCH3 is 2. The summed E-state index contributed by atoms with van der Waals surface area (Å²) in [5, 5.41) is 4.20. The van der Waals surface area contributed by atoms with Gasteiger partial charge in [0, 0.05) is 16.8 Å². The molecule has 1 heterocycles. The Morgan fingerprint density at radius 1 is 1.21 bits per heavy atom. The fourth-order valence-corrected chi connectivity index (χ4v) is 4.92. The predicted molar refractivity (Wildman–Crippen MR) is 106 cm³/mol. The Balaban J connectivity index is 2.06. The summed E-state index contributed by atoms with van der Waals surface area (Å²) in [6, 6.07) is 5.08. The van der Waals surface area contributed by atoms with E-state index in [1.54, 1.807) is 18.4 Å². The first-order valence-electron chi connectivity index (χ1n) is 9.48. The zero-order valence-electron chi connectivity index (χ0n) is 16.6. The Kier molecular flexibility index (Phi) is 6.41. The number of carbonyl (C=O) groups excluding carboxylic acids is 1. The molecule has 0 bridgehead atoms. The van der Waals surface area contributed by atoms with Crippen LogP contribution >= 0.6 is 11.3 Å². The third kappa shape index (κ3) is 4.52. The summed E-state index contributed by atoms with van der Waals surface area (Å²) in [5.41, 5.74) is 2.77. The number of halogens is 3. The Labute approximate surface area is 172 Å². The summed E-state index contributed by atoms with van der Waals surface area (Å²) < 4.78 is 49.5. The number of hydrogen-bond acceptors (Lipinski definition) is 4. The number of alkyl halides is 3. The standard InChI is InChI=1S/C21H24F3NO3S/c1-4-5-14-8-13(11-29-14)19-15-10-18(28-3)17(27-2)9-12(15)6-7-16(19)25-20(26)21(22,23)24/h8-11,16,19H,4-7H2,1-3H3,(H,25,26)/t16-,19+/m1/s1. The lowest BCUT2D eigenvalue weighted by atomic mass is 9.76. The van der Waals surface area contributed by atoms with Crippen molar-refractivity contribution in [3.8, 4) is 11.5 Å². The summed E-state index contributed by atoms with van der Waals surface area (Å²) in [7, 11) is 3.07. The van der Waals surface area contributed by atoms with Crippen molar-refractivity contribution in [2.45, 2.75) is 50.7 Å². The minimum Gasteiger partial charge on any atom is -0.493 e. The Hall–Kier alpha value is -2.22. The first-order chi connectivity index (χ1) is 13.8. The summed E-state index contributed by atoms with van der Waals surface area (Å²) in [6.07, 6.45) is -2.06. The monoisotopic (exact) mass is 427 g/mol. The lowest BCUT2D eigenvalue weighted by Gasteiger charge is -2.35. The molecule has 0 spiro atoms. The first-order valence-corrected chi connectivity index (χ1v) is 10.4. The van der Waals surface area contributed by atoms with Gasteiger partial charge in [-0.05, 0) is 59.5 Å². The highest BCUT2D eigenvalue weighted by molar-refractivity contribution is 7.10. The molecule has 4 nitrogen and oxygen atoms in total. The summed E-state index contributed by atoms with van der Waals surface area (Å²) in [5.74, 6) is -1.19. The van der Waals surface area contributed by atoms with Crippen molar-refractivity contribution in [3.05, 3.63) is 45.1 Å². The van der Waals surface area contributed by atoms with Crippen LogP contribution in [0.4, 0.5) is 13.2 Å². The molecule has 0 saturated carbocycles. The predicted octanol–water partition coefficient (Wildman–Crippen LogP) is 4.84. The molecule has 1 amide bonds. The van der Waals surface area contributed by atoms with Gasteiger partial charge in [0.15, 0.2) is 11.5 Å². The van der Waals surface area contributed by atoms with E-state index in [1.165, 1.54) is 12.0 Å². The molecule has 2 aromatic rings. The van der Waals surface area contributed by atoms with E-state index in [0.717, 1.165) is 29.5 Å². The molecular weight excluding hydrogens is 403 g/mol. The van der Waals surface area contributed by atoms with E-state index in [0.29, 0.717) is 24.3 Å². The van der Waals surface area contributed by atoms with Gasteiger partial charge in [-0.3, -0.25) is 4.79 Å². The van der Waals surface area contributed by atoms with Crippen LogP contribution in [0.2, 0.25) is 0 Å². The van der Waals surface area contributed by atoms with Gasteiger partial charge < -0.3 is 14.8 Å². The van der Waals surface area contributed by atoms with E-state index in [9.17, 15) is 18.0 Å². The number of fused-ring (bicyclic) bond motifs is 1. The fourth-order valence-electron chi connectivity index (χ4n) is 3.89. The van der Waals surface area contributed by atoms with Crippen LogP contribution in [0.25, 0.3) is 0 Å². The van der Waals surface area contributed by atoms with Crippen molar-refractivity contribution >= 4 is 17.2 Å². The number of aryl methyl sites for hydroxylation is 2. The normalized spacial score (nSPS) is 18.8. The second-order valence-corrected chi connectivity index (χ2v) is 8.09. The molecule has 8 heteroatoms. The van der Waals surface area contributed by atoms with Gasteiger partial charge in [0.05, 0.1) is 14.2 Å². The molecule has 0 unspecified atom stereocenters. The van der Waals surface area contributed by atoms with Gasteiger partial charge in [0.2, 0.25) is 0 Å². The van der Waals surface area contributed by atoms with Gasteiger partial charge in [-0.2, -0.15) is 13.2 Å². The SMILES string of the molecule is CCCc1cc([C@H]2c3cc(OC)c(OC)cc3CC[C@H]2NC(=O)C(F)(F)F)cs1. The van der Waals surface area contributed by atoms with Crippen molar-refractivity contribution in [2.75, 3.05) is 14.2 Å². The van der Waals surface area contributed by atoms with E-state index in [2.05, 4.69) is 12.2 Å². The van der Waals surface area contributed by atoms with Crippen LogP contribution in [-0.4, -0.2) is 32.3 Å². The lowest BCUT2D eigenvalue weighted by Crippen LogP contribution is -2.47. The quantitative estimate of drug-likeness (QED) is 0.718. The summed E-state index contributed by atoms with van der Waals surface area (Å²) in [4.78, 5) is 12.9. The number of thiophene rings is 1. The Morgan fingerprint density at radius 3 is 2.52 bits per heavy atom. The molecule has 3 rings (SSSR count). The van der Waals surface area contributed by atoms with Gasteiger partial charge in [0.25, 0.3) is 0 Å². The van der Waals surface area contributed by atoms with E-state index < -0.39 is 18.1 Å². The maximum atomic E-state index is 12.9. The molecule has 0 radical (unpaired) electrons. The number of rotatable bonds is 6. The second-order valence-electron chi connectivity index (χ2n) is 7.10. The van der Waals surface area contributed by atoms with Crippen molar-refractivity contribution in [1.82, 2.24) is 5.32 Å². The van der Waals surface area contributed by atoms with Crippen LogP contribution in [-0.2, 0) is 17.6 Å². The molecule has 0 saturated heterocycles. The highest BCUT2D eigenvalue weighted by atomic mass is 32.1. The molecule has 1 aliphatic carbocycles. The van der Waals surface area contributed by atoms with Gasteiger partial charge in [-0.1, -0.05) is 13.3 Å². The maximum Gasteiger partial charge on any atom is 0.471 e. The highest BCUT2D eigenvalue weighted by Gasteiger charge is 2.42. The Bertz CT molecular complexity index is 879. The van der Waals surface area contributed by atoms with E-state index in [1.807, 2.05) is 23.6 Å². The summed E-state index contributed by atoms with van der Waals surface area (Å²) in [6.45, 7) is 2.08. The van der Waals surface area contributed by atoms with Crippen molar-refractivity contribution in [1.29, 1.82) is 0 Å². The first kappa shape index (κ1) is 21.5. The minimum atomic E-state index is -4.91. The molecule has 2 atom stereocenters. The van der Waals surface area contributed by atoms with Crippen LogP contribution < -0.4 is 14.8 Å². The molecule has 158 valence electrons. The molecule has 0 fully saturated rings. The van der Waals surface area contributed by atoms with Gasteiger partial charge >= 0.3 is 12.1 Å². The molecular formula is C21H24F3NO3S. The number of ether oxygens (including phenoxy) is 2. The molecule has 1 aliphatic rings. The second kappa shape index (κ2) is 8.65. The largest absolute Gasteiger partial charge is 0.493 e. The maximum absolute atomic E-state index is 12.9. The van der Waals surface area contributed by atoms with E-state index in [-0.39, 0.29) is 5.92 Å². The molecule has 1 aromatic heterocycles. The van der Waals surface area contributed by atoms with Crippen LogP contribution in [0, 0.1) is 0 Å². The number of hydrogen-bond donors (Lipinski definition) is 1. The van der Waals surface area contributed by atoms with Crippen molar-refractivity contribution in [3.63, 3.8) is 0 Å². The van der Waals surface area contributed by atoms with Crippen LogP contribution in [0.3, 0.4) is 0 Å². The van der Waals surface area contributed by atoms with E-state index in [4.69, 9.17) is 9.47 Å². The zero-order valence-corrected chi connectivity index (χ0v) is 17.4. The molecule has 1 aromatic carbocycles. The van der Waals surface area contributed by atoms with E-state index >= 15 is 0 Å². The van der Waals surface area contributed by atoms with Crippen LogP contribution in [0.1, 0.15) is 47.3 Å². The van der Waals surface area contributed by atoms with Crippen molar-refractivity contribution < 1.29 is 27.4 Å². The molecule has 0 aliphatic heterocycles. The average molecular weight is 427 g/mol. The number of amides is 1. The average Bonchev–Trinajstić information content (AvgIpc) is 3.14.